The fraction of sp³-hybridized carbons (Fsp3) is 1.00. The predicted molar refractivity (Wildman–Crippen MR) is 45.3 cm³/mol. The molecule has 0 amide bonds. The molecule has 0 bridgehead atoms. The highest BCUT2D eigenvalue weighted by Gasteiger charge is 2.25. The smallest absolute Gasteiger partial charge is 0.0664 e. The summed E-state index contributed by atoms with van der Waals surface area (Å²) < 4.78 is 0. The van der Waals surface area contributed by atoms with E-state index < -0.39 is 0 Å². The fourth-order valence-corrected chi connectivity index (χ4v) is 1.49. The van der Waals surface area contributed by atoms with Gasteiger partial charge in [-0.1, -0.05) is 0 Å². The normalized spacial score (nSPS) is 32.2. The van der Waals surface area contributed by atoms with Crippen LogP contribution in [0.2, 0.25) is 0 Å². The summed E-state index contributed by atoms with van der Waals surface area (Å²) in [4.78, 5) is 2.25. The maximum Gasteiger partial charge on any atom is 0.0664 e. The first-order chi connectivity index (χ1) is 5.11. The Morgan fingerprint density at radius 3 is 2.55 bits per heavy atom. The van der Waals surface area contributed by atoms with Gasteiger partial charge in [0.2, 0.25) is 0 Å². The van der Waals surface area contributed by atoms with Crippen molar-refractivity contribution < 1.29 is 5.11 Å². The van der Waals surface area contributed by atoms with E-state index in [2.05, 4.69) is 4.90 Å². The molecule has 0 aliphatic carbocycles. The lowest BCUT2D eigenvalue weighted by Crippen LogP contribution is -2.40. The Morgan fingerprint density at radius 1 is 1.55 bits per heavy atom. The summed E-state index contributed by atoms with van der Waals surface area (Å²) in [5.41, 5.74) is 5.74. The molecule has 1 heterocycles. The summed E-state index contributed by atoms with van der Waals surface area (Å²) in [6.45, 7) is 5.84. The van der Waals surface area contributed by atoms with Crippen molar-refractivity contribution in [2.75, 3.05) is 13.1 Å². The summed E-state index contributed by atoms with van der Waals surface area (Å²) in [5, 5.41) is 9.29. The lowest BCUT2D eigenvalue weighted by Gasteiger charge is -2.26. The quantitative estimate of drug-likeness (QED) is 0.584. The van der Waals surface area contributed by atoms with Crippen LogP contribution < -0.4 is 5.73 Å². The maximum atomic E-state index is 9.29. The Morgan fingerprint density at radius 2 is 2.18 bits per heavy atom. The van der Waals surface area contributed by atoms with Gasteiger partial charge in [0.05, 0.1) is 6.10 Å². The van der Waals surface area contributed by atoms with Crippen molar-refractivity contribution in [2.24, 2.45) is 5.73 Å². The molecule has 1 rings (SSSR count). The fourth-order valence-electron chi connectivity index (χ4n) is 1.49. The van der Waals surface area contributed by atoms with E-state index in [9.17, 15) is 5.11 Å². The number of hydrogen-bond donors (Lipinski definition) is 2. The Bertz CT molecular complexity index is 127. The zero-order valence-corrected chi connectivity index (χ0v) is 7.33. The highest BCUT2D eigenvalue weighted by Crippen LogP contribution is 2.12. The number of likely N-dealkylation sites (tertiary alicyclic amines) is 1. The first kappa shape index (κ1) is 8.97. The Hall–Kier alpha value is -0.120. The van der Waals surface area contributed by atoms with Crippen molar-refractivity contribution >= 4 is 0 Å². The maximum absolute atomic E-state index is 9.29. The van der Waals surface area contributed by atoms with Gasteiger partial charge in [-0.15, -0.1) is 0 Å². The van der Waals surface area contributed by atoms with E-state index in [1.807, 2.05) is 13.8 Å². The van der Waals surface area contributed by atoms with Gasteiger partial charge >= 0.3 is 0 Å². The minimum atomic E-state index is -0.250. The van der Waals surface area contributed by atoms with Crippen LogP contribution in [-0.2, 0) is 0 Å². The number of nitrogens with zero attached hydrogens (tertiary/aromatic N) is 1. The molecule has 3 heteroatoms. The van der Waals surface area contributed by atoms with Crippen LogP contribution in [0, 0.1) is 0 Å². The molecule has 11 heavy (non-hydrogen) atoms. The van der Waals surface area contributed by atoms with Crippen LogP contribution in [0.25, 0.3) is 0 Å². The van der Waals surface area contributed by atoms with E-state index in [0.29, 0.717) is 6.04 Å². The largest absolute Gasteiger partial charge is 0.392 e. The SMILES string of the molecule is CC(O)C(C)N1CC[C@H](N)C1. The molecule has 2 unspecified atom stereocenters. The van der Waals surface area contributed by atoms with E-state index in [1.165, 1.54) is 0 Å². The Labute approximate surface area is 68.2 Å². The molecule has 66 valence electrons. The lowest BCUT2D eigenvalue weighted by molar-refractivity contribution is 0.0850. The van der Waals surface area contributed by atoms with Gasteiger partial charge < -0.3 is 10.8 Å². The first-order valence-electron chi connectivity index (χ1n) is 4.29. The van der Waals surface area contributed by atoms with Gasteiger partial charge in [-0.2, -0.15) is 0 Å². The van der Waals surface area contributed by atoms with E-state index in [4.69, 9.17) is 5.73 Å². The Kier molecular flexibility index (Phi) is 2.87. The zero-order valence-electron chi connectivity index (χ0n) is 7.33. The molecule has 0 aromatic rings. The van der Waals surface area contributed by atoms with Gasteiger partial charge in [0.1, 0.15) is 0 Å². The molecular formula is C8H18N2O. The molecule has 1 aliphatic heterocycles. The third kappa shape index (κ3) is 2.15. The average Bonchev–Trinajstić information content (AvgIpc) is 2.34. The molecule has 0 aromatic heterocycles. The van der Waals surface area contributed by atoms with Crippen LogP contribution >= 0.6 is 0 Å². The molecule has 3 atom stereocenters. The molecule has 3 N–H and O–H groups in total. The molecular weight excluding hydrogens is 140 g/mol. The van der Waals surface area contributed by atoms with Gasteiger partial charge in [0.25, 0.3) is 0 Å². The van der Waals surface area contributed by atoms with Crippen molar-refractivity contribution in [1.82, 2.24) is 4.90 Å². The molecule has 1 saturated heterocycles. The van der Waals surface area contributed by atoms with E-state index in [1.54, 1.807) is 0 Å². The van der Waals surface area contributed by atoms with Crippen molar-refractivity contribution in [3.05, 3.63) is 0 Å². The topological polar surface area (TPSA) is 49.5 Å². The number of aliphatic hydroxyl groups excluding tert-OH is 1. The summed E-state index contributed by atoms with van der Waals surface area (Å²) in [6.07, 6.45) is 0.817. The van der Waals surface area contributed by atoms with Crippen LogP contribution in [0.5, 0.6) is 0 Å². The van der Waals surface area contributed by atoms with Crippen molar-refractivity contribution in [3.63, 3.8) is 0 Å². The second kappa shape index (κ2) is 3.52. The summed E-state index contributed by atoms with van der Waals surface area (Å²) in [5.74, 6) is 0. The van der Waals surface area contributed by atoms with Gasteiger partial charge in [0, 0.05) is 25.2 Å². The van der Waals surface area contributed by atoms with E-state index in [-0.39, 0.29) is 12.1 Å². The number of hydrogen-bond acceptors (Lipinski definition) is 3. The zero-order chi connectivity index (χ0) is 8.43. The van der Waals surface area contributed by atoms with E-state index >= 15 is 0 Å². The minimum absolute atomic E-state index is 0.250. The van der Waals surface area contributed by atoms with E-state index in [0.717, 1.165) is 19.5 Å². The van der Waals surface area contributed by atoms with Crippen LogP contribution in [0.3, 0.4) is 0 Å². The van der Waals surface area contributed by atoms with Crippen LogP contribution in [0.4, 0.5) is 0 Å². The summed E-state index contributed by atoms with van der Waals surface area (Å²) in [7, 11) is 0. The summed E-state index contributed by atoms with van der Waals surface area (Å²) >= 11 is 0. The first-order valence-corrected chi connectivity index (χ1v) is 4.29. The average molecular weight is 158 g/mol. The second-order valence-corrected chi connectivity index (χ2v) is 3.52. The number of aliphatic hydroxyl groups is 1. The summed E-state index contributed by atoms with van der Waals surface area (Å²) in [6, 6.07) is 0.569. The number of rotatable bonds is 2. The van der Waals surface area contributed by atoms with Crippen LogP contribution in [0.15, 0.2) is 0 Å². The van der Waals surface area contributed by atoms with Gasteiger partial charge in [-0.05, 0) is 20.3 Å². The molecule has 0 saturated carbocycles. The van der Waals surface area contributed by atoms with Gasteiger partial charge in [-0.3, -0.25) is 4.90 Å². The highest BCUT2D eigenvalue weighted by atomic mass is 16.3. The van der Waals surface area contributed by atoms with Crippen LogP contribution in [-0.4, -0.2) is 41.3 Å². The van der Waals surface area contributed by atoms with Crippen molar-refractivity contribution in [3.8, 4) is 0 Å². The van der Waals surface area contributed by atoms with Gasteiger partial charge in [-0.25, -0.2) is 0 Å². The van der Waals surface area contributed by atoms with Crippen LogP contribution in [0.1, 0.15) is 20.3 Å². The van der Waals surface area contributed by atoms with Crippen molar-refractivity contribution in [2.45, 2.75) is 38.5 Å². The highest BCUT2D eigenvalue weighted by molar-refractivity contribution is 4.83. The number of nitrogens with two attached hydrogens (primary N) is 1. The van der Waals surface area contributed by atoms with Crippen molar-refractivity contribution in [1.29, 1.82) is 0 Å². The third-order valence-electron chi connectivity index (χ3n) is 2.53. The minimum Gasteiger partial charge on any atom is -0.392 e. The third-order valence-corrected chi connectivity index (χ3v) is 2.53. The predicted octanol–water partition coefficient (Wildman–Crippen LogP) is -0.211. The molecule has 1 aliphatic rings. The molecule has 0 radical (unpaired) electrons. The standard InChI is InChI=1S/C8H18N2O/c1-6(7(2)11)10-4-3-8(9)5-10/h6-8,11H,3-5,9H2,1-2H3/t6?,7?,8-/m0/s1. The van der Waals surface area contributed by atoms with Gasteiger partial charge in [0.15, 0.2) is 0 Å². The molecule has 0 spiro atoms. The molecule has 3 nitrogen and oxygen atoms in total. The monoisotopic (exact) mass is 158 g/mol. The Balaban J connectivity index is 2.36. The second-order valence-electron chi connectivity index (χ2n) is 3.52. The lowest BCUT2D eigenvalue weighted by atomic mass is 10.2. The molecule has 0 aromatic carbocycles. The molecule has 1 fully saturated rings.